The standard InChI is InChI=1S/C25H27F2N4O10PS2/c26-25(27,42(35,36)37)19-9-7-18(8-10-19)17-23(30-44(40,41)21-5-2-1-3-6-21)24(32)28-15-4-16-29-43(38,39)22-13-11-20(12-14-22)31(33)34/h1-3,5-14,23,29-30H,4,15-17H2,(H,28,32)(H2,35,36,37)/t23-/m0/s1. The SMILES string of the molecule is O=C(NCCCNS(=O)(=O)c1ccc([N+](=O)[O-])cc1)[C@H](Cc1ccc(C(F)(F)P(=O)(O)O)cc1)NS(=O)(=O)c1ccccc1. The molecule has 44 heavy (non-hydrogen) atoms. The van der Waals surface area contributed by atoms with E-state index >= 15 is 0 Å². The maximum atomic E-state index is 14.0. The predicted molar refractivity (Wildman–Crippen MR) is 153 cm³/mol. The molecule has 0 spiro atoms. The first-order chi connectivity index (χ1) is 20.4. The zero-order valence-corrected chi connectivity index (χ0v) is 25.1. The van der Waals surface area contributed by atoms with Gasteiger partial charge in [0.1, 0.15) is 6.04 Å². The zero-order chi connectivity index (χ0) is 32.8. The smallest absolute Gasteiger partial charge is 0.355 e. The molecule has 19 heteroatoms. The van der Waals surface area contributed by atoms with Crippen molar-refractivity contribution in [2.75, 3.05) is 13.1 Å². The minimum atomic E-state index is -5.82. The Balaban J connectivity index is 1.68. The van der Waals surface area contributed by atoms with Crippen molar-refractivity contribution in [3.63, 3.8) is 0 Å². The van der Waals surface area contributed by atoms with Crippen LogP contribution >= 0.6 is 7.60 Å². The second-order valence-electron chi connectivity index (χ2n) is 9.27. The highest BCUT2D eigenvalue weighted by molar-refractivity contribution is 7.89. The third-order valence-electron chi connectivity index (χ3n) is 6.08. The number of benzene rings is 3. The lowest BCUT2D eigenvalue weighted by Crippen LogP contribution is -2.48. The van der Waals surface area contributed by atoms with Crippen molar-refractivity contribution < 1.29 is 49.7 Å². The van der Waals surface area contributed by atoms with Gasteiger partial charge in [-0.3, -0.25) is 19.5 Å². The number of nitrogens with zero attached hydrogens (tertiary/aromatic N) is 1. The summed E-state index contributed by atoms with van der Waals surface area (Å²) < 4.78 is 94.4. The number of sulfonamides is 2. The average Bonchev–Trinajstić information content (AvgIpc) is 2.96. The number of nitrogens with one attached hydrogen (secondary N) is 3. The molecular weight excluding hydrogens is 649 g/mol. The number of carbonyl (C=O) groups is 1. The molecule has 238 valence electrons. The summed E-state index contributed by atoms with van der Waals surface area (Å²) in [5.74, 6) is -0.827. The Bertz CT molecular complexity index is 1740. The molecular formula is C25H27F2N4O10PS2. The summed E-state index contributed by atoms with van der Waals surface area (Å²) in [5.41, 5.74) is -5.55. The molecule has 5 N–H and O–H groups in total. The van der Waals surface area contributed by atoms with Gasteiger partial charge in [-0.1, -0.05) is 42.5 Å². The van der Waals surface area contributed by atoms with Crippen LogP contribution in [-0.4, -0.2) is 56.6 Å². The van der Waals surface area contributed by atoms with Gasteiger partial charge in [-0.2, -0.15) is 13.5 Å². The molecule has 0 aromatic heterocycles. The van der Waals surface area contributed by atoms with Crippen LogP contribution in [0, 0.1) is 10.1 Å². The molecule has 0 aliphatic carbocycles. The summed E-state index contributed by atoms with van der Waals surface area (Å²) in [6.07, 6.45) is -0.283. The maximum Gasteiger partial charge on any atom is 0.399 e. The maximum absolute atomic E-state index is 14.0. The number of nitro groups is 1. The number of nitro benzene ring substituents is 1. The molecule has 0 aliphatic heterocycles. The third kappa shape index (κ3) is 8.95. The van der Waals surface area contributed by atoms with Crippen molar-refractivity contribution in [2.45, 2.75) is 34.3 Å². The van der Waals surface area contributed by atoms with E-state index in [1.165, 1.54) is 24.3 Å². The Labute approximate surface area is 250 Å². The molecule has 3 rings (SSSR count). The van der Waals surface area contributed by atoms with Gasteiger partial charge in [-0.05, 0) is 42.7 Å². The van der Waals surface area contributed by atoms with Gasteiger partial charge in [0.25, 0.3) is 5.69 Å². The number of carbonyl (C=O) groups excluding carboxylic acids is 1. The highest BCUT2D eigenvalue weighted by Gasteiger charge is 2.50. The van der Waals surface area contributed by atoms with Crippen LogP contribution in [0.15, 0.2) is 88.7 Å². The van der Waals surface area contributed by atoms with Crippen LogP contribution in [0.4, 0.5) is 14.5 Å². The summed E-state index contributed by atoms with van der Waals surface area (Å²) in [4.78, 5) is 40.6. The Hall–Kier alpha value is -3.64. The van der Waals surface area contributed by atoms with Crippen molar-refractivity contribution in [3.05, 3.63) is 100 Å². The van der Waals surface area contributed by atoms with Crippen molar-refractivity contribution in [1.29, 1.82) is 0 Å². The van der Waals surface area contributed by atoms with Crippen molar-refractivity contribution in [2.24, 2.45) is 0 Å². The van der Waals surface area contributed by atoms with Crippen molar-refractivity contribution in [3.8, 4) is 0 Å². The number of alkyl halides is 2. The Kier molecular flexibility index (Phi) is 11.1. The summed E-state index contributed by atoms with van der Waals surface area (Å²) in [6, 6.07) is 13.4. The summed E-state index contributed by atoms with van der Waals surface area (Å²) in [6.45, 7) is -0.270. The lowest BCUT2D eigenvalue weighted by atomic mass is 10.0. The third-order valence-corrected chi connectivity index (χ3v) is 10.0. The van der Waals surface area contributed by atoms with Gasteiger partial charge >= 0.3 is 13.3 Å². The highest BCUT2D eigenvalue weighted by Crippen LogP contribution is 2.59. The van der Waals surface area contributed by atoms with E-state index in [-0.39, 0.29) is 47.0 Å². The van der Waals surface area contributed by atoms with Crippen LogP contribution in [-0.2, 0) is 41.5 Å². The number of rotatable bonds is 15. The topological polar surface area (TPSA) is 222 Å². The number of hydrogen-bond acceptors (Lipinski definition) is 8. The van der Waals surface area contributed by atoms with Crippen molar-refractivity contribution >= 4 is 39.2 Å². The van der Waals surface area contributed by atoms with Gasteiger partial charge in [-0.15, -0.1) is 0 Å². The van der Waals surface area contributed by atoms with Crippen molar-refractivity contribution in [1.82, 2.24) is 14.8 Å². The molecule has 1 amide bonds. The largest absolute Gasteiger partial charge is 0.399 e. The molecule has 0 bridgehead atoms. The van der Waals surface area contributed by atoms with E-state index in [1.54, 1.807) is 6.07 Å². The number of hydrogen-bond donors (Lipinski definition) is 5. The Morgan fingerprint density at radius 3 is 2.00 bits per heavy atom. The zero-order valence-electron chi connectivity index (χ0n) is 22.5. The first-order valence-corrected chi connectivity index (χ1v) is 17.1. The van der Waals surface area contributed by atoms with E-state index in [2.05, 4.69) is 14.8 Å². The Morgan fingerprint density at radius 1 is 0.886 bits per heavy atom. The molecule has 0 unspecified atom stereocenters. The molecule has 0 saturated carbocycles. The fourth-order valence-electron chi connectivity index (χ4n) is 3.75. The second kappa shape index (κ2) is 14.0. The van der Waals surface area contributed by atoms with Crippen LogP contribution in [0.2, 0.25) is 0 Å². The van der Waals surface area contributed by atoms with Gasteiger partial charge in [0.05, 0.1) is 14.7 Å². The van der Waals surface area contributed by atoms with E-state index in [0.717, 1.165) is 48.5 Å². The normalized spacial score (nSPS) is 13.3. The first kappa shape index (κ1) is 34.8. The van der Waals surface area contributed by atoms with E-state index in [9.17, 15) is 45.1 Å². The summed E-state index contributed by atoms with van der Waals surface area (Å²) >= 11 is 0. The van der Waals surface area contributed by atoms with E-state index in [1.807, 2.05) is 0 Å². The van der Waals surface area contributed by atoms with Gasteiger partial charge in [0.2, 0.25) is 26.0 Å². The number of halogens is 2. The second-order valence-corrected chi connectivity index (χ2v) is 14.4. The molecule has 0 radical (unpaired) electrons. The quantitative estimate of drug-likeness (QED) is 0.0683. The summed E-state index contributed by atoms with van der Waals surface area (Å²) in [5, 5.41) is 13.2. The number of amides is 1. The van der Waals surface area contributed by atoms with E-state index in [4.69, 9.17) is 9.79 Å². The van der Waals surface area contributed by atoms with Gasteiger partial charge in [0.15, 0.2) is 0 Å². The highest BCUT2D eigenvalue weighted by atomic mass is 32.2. The lowest BCUT2D eigenvalue weighted by Gasteiger charge is -2.20. The van der Waals surface area contributed by atoms with E-state index < -0.39 is 55.7 Å². The molecule has 0 saturated heterocycles. The van der Waals surface area contributed by atoms with Crippen LogP contribution in [0.25, 0.3) is 0 Å². The molecule has 0 aliphatic rings. The average molecular weight is 677 g/mol. The Morgan fingerprint density at radius 2 is 1.45 bits per heavy atom. The molecule has 0 heterocycles. The fourth-order valence-corrected chi connectivity index (χ4v) is 6.52. The number of non-ortho nitro benzene ring substituents is 1. The van der Waals surface area contributed by atoms with E-state index in [0.29, 0.717) is 0 Å². The van der Waals surface area contributed by atoms with Crippen LogP contribution < -0.4 is 14.8 Å². The molecule has 1 atom stereocenters. The predicted octanol–water partition coefficient (Wildman–Crippen LogP) is 2.20. The van der Waals surface area contributed by atoms with Crippen LogP contribution in [0.5, 0.6) is 0 Å². The summed E-state index contributed by atoms with van der Waals surface area (Å²) in [7, 11) is -14.1. The first-order valence-electron chi connectivity index (χ1n) is 12.6. The fraction of sp³-hybridized carbons (Fsp3) is 0.240. The monoisotopic (exact) mass is 676 g/mol. The van der Waals surface area contributed by atoms with Gasteiger partial charge in [-0.25, -0.2) is 21.6 Å². The molecule has 0 fully saturated rings. The van der Waals surface area contributed by atoms with Gasteiger partial charge < -0.3 is 15.1 Å². The minimum Gasteiger partial charge on any atom is -0.355 e. The molecule has 3 aromatic rings. The van der Waals surface area contributed by atoms with Gasteiger partial charge in [0, 0.05) is 30.8 Å². The molecule has 3 aromatic carbocycles. The lowest BCUT2D eigenvalue weighted by molar-refractivity contribution is -0.384. The van der Waals surface area contributed by atoms with Crippen LogP contribution in [0.1, 0.15) is 17.5 Å². The molecule has 14 nitrogen and oxygen atoms in total. The minimum absolute atomic E-state index is 0.0578. The van der Waals surface area contributed by atoms with Crippen LogP contribution in [0.3, 0.4) is 0 Å².